The molecule has 0 unspecified atom stereocenters. The first-order valence-corrected chi connectivity index (χ1v) is 9.14. The molecule has 0 spiro atoms. The van der Waals surface area contributed by atoms with E-state index in [1.54, 1.807) is 0 Å². The number of esters is 1. The number of hydrogen-bond acceptors (Lipinski definition) is 3. The number of carbonyl (C=O) groups excluding carboxylic acids is 1. The van der Waals surface area contributed by atoms with Gasteiger partial charge in [0.05, 0.1) is 7.11 Å². The quantitative estimate of drug-likeness (QED) is 0.446. The lowest BCUT2D eigenvalue weighted by molar-refractivity contribution is -0.140. The van der Waals surface area contributed by atoms with Gasteiger partial charge in [0.2, 0.25) is 0 Å². The Morgan fingerprint density at radius 2 is 1.77 bits per heavy atom. The maximum atomic E-state index is 12.0. The number of hydrogen-bond donors (Lipinski definition) is 1. The van der Waals surface area contributed by atoms with E-state index in [-0.39, 0.29) is 0 Å². The molecular formula is C23H27NO2. The normalized spacial score (nSPS) is 11.2. The monoisotopic (exact) mass is 349 g/mol. The Hall–Kier alpha value is -2.73. The van der Waals surface area contributed by atoms with Gasteiger partial charge in [-0.1, -0.05) is 61.4 Å². The third-order valence-electron chi connectivity index (χ3n) is 4.18. The summed E-state index contributed by atoms with van der Waals surface area (Å²) >= 11 is 0. The molecule has 2 aromatic rings. The average molecular weight is 349 g/mol. The third-order valence-corrected chi connectivity index (χ3v) is 4.18. The van der Waals surface area contributed by atoms with Crippen molar-refractivity contribution in [2.45, 2.75) is 45.6 Å². The molecule has 0 aliphatic carbocycles. The van der Waals surface area contributed by atoms with Gasteiger partial charge >= 0.3 is 5.97 Å². The van der Waals surface area contributed by atoms with Crippen molar-refractivity contribution in [1.29, 1.82) is 0 Å². The smallest absolute Gasteiger partial charge is 0.341 e. The van der Waals surface area contributed by atoms with Crippen LogP contribution in [0.4, 0.5) is 5.69 Å². The summed E-state index contributed by atoms with van der Waals surface area (Å²) in [6.07, 6.45) is 4.76. The van der Waals surface area contributed by atoms with Gasteiger partial charge in [-0.25, -0.2) is 4.79 Å². The number of carbonyl (C=O) groups is 1. The molecule has 136 valence electrons. The highest BCUT2D eigenvalue weighted by Crippen LogP contribution is 2.14. The van der Waals surface area contributed by atoms with Crippen LogP contribution in [0.2, 0.25) is 0 Å². The number of methoxy groups -OCH3 is 1. The zero-order valence-electron chi connectivity index (χ0n) is 15.8. The minimum absolute atomic E-state index is 0.392. The van der Waals surface area contributed by atoms with Crippen LogP contribution in [0.25, 0.3) is 0 Å². The standard InChI is InChI=1S/C23H27NO2/c1-4-5-6-7-19-12-15-21(16-13-19)24-22(23(25)26-3)17-14-20-10-8-18(2)9-11-20/h8-13,15-16,22,24H,4-7H2,1-3H3/t22-/m1/s1. The maximum Gasteiger partial charge on any atom is 0.341 e. The fourth-order valence-electron chi connectivity index (χ4n) is 2.58. The van der Waals surface area contributed by atoms with Crippen molar-refractivity contribution in [2.75, 3.05) is 12.4 Å². The number of unbranched alkanes of at least 4 members (excludes halogenated alkanes) is 2. The fraction of sp³-hybridized carbons (Fsp3) is 0.348. The Labute approximate surface area is 156 Å². The van der Waals surface area contributed by atoms with E-state index in [0.717, 1.165) is 17.7 Å². The first-order chi connectivity index (χ1) is 12.6. The summed E-state index contributed by atoms with van der Waals surface area (Å²) in [5, 5.41) is 3.16. The van der Waals surface area contributed by atoms with Crippen LogP contribution < -0.4 is 5.32 Å². The summed E-state index contributed by atoms with van der Waals surface area (Å²) in [5.41, 5.74) is 4.22. The number of anilines is 1. The molecule has 0 bridgehead atoms. The first-order valence-electron chi connectivity index (χ1n) is 9.14. The molecule has 3 heteroatoms. The van der Waals surface area contributed by atoms with Gasteiger partial charge in [0.25, 0.3) is 0 Å². The summed E-state index contributed by atoms with van der Waals surface area (Å²) in [4.78, 5) is 12.0. The minimum atomic E-state index is -0.702. The van der Waals surface area contributed by atoms with Crippen molar-refractivity contribution >= 4 is 11.7 Å². The Morgan fingerprint density at radius 3 is 2.38 bits per heavy atom. The number of rotatable bonds is 7. The van der Waals surface area contributed by atoms with Crippen molar-refractivity contribution in [3.8, 4) is 11.8 Å². The zero-order chi connectivity index (χ0) is 18.8. The molecule has 3 nitrogen and oxygen atoms in total. The van der Waals surface area contributed by atoms with Crippen molar-refractivity contribution < 1.29 is 9.53 Å². The lowest BCUT2D eigenvalue weighted by Gasteiger charge is -2.13. The van der Waals surface area contributed by atoms with Crippen LogP contribution in [-0.2, 0) is 16.0 Å². The van der Waals surface area contributed by atoms with Crippen molar-refractivity contribution in [3.63, 3.8) is 0 Å². The number of nitrogens with one attached hydrogen (secondary N) is 1. The van der Waals surface area contributed by atoms with Gasteiger partial charge in [0.15, 0.2) is 6.04 Å². The van der Waals surface area contributed by atoms with Gasteiger partial charge in [0.1, 0.15) is 0 Å². The Morgan fingerprint density at radius 1 is 1.08 bits per heavy atom. The summed E-state index contributed by atoms with van der Waals surface area (Å²) in [7, 11) is 1.38. The van der Waals surface area contributed by atoms with Crippen molar-refractivity contribution in [1.82, 2.24) is 0 Å². The molecule has 0 aliphatic rings. The Balaban J connectivity index is 2.06. The number of aryl methyl sites for hydroxylation is 2. The molecule has 0 heterocycles. The molecule has 0 fully saturated rings. The highest BCUT2D eigenvalue weighted by molar-refractivity contribution is 5.83. The molecule has 2 aromatic carbocycles. The second-order valence-corrected chi connectivity index (χ2v) is 6.39. The molecule has 0 amide bonds. The van der Waals surface area contributed by atoms with E-state index in [0.29, 0.717) is 0 Å². The molecule has 26 heavy (non-hydrogen) atoms. The fourth-order valence-corrected chi connectivity index (χ4v) is 2.58. The second kappa shape index (κ2) is 10.3. The highest BCUT2D eigenvalue weighted by atomic mass is 16.5. The van der Waals surface area contributed by atoms with E-state index < -0.39 is 12.0 Å². The molecule has 2 rings (SSSR count). The number of ether oxygens (including phenoxy) is 1. The Bertz CT molecular complexity index is 752. The van der Waals surface area contributed by atoms with Crippen LogP contribution in [0.5, 0.6) is 0 Å². The highest BCUT2D eigenvalue weighted by Gasteiger charge is 2.16. The molecule has 1 atom stereocenters. The van der Waals surface area contributed by atoms with Crippen molar-refractivity contribution in [2.24, 2.45) is 0 Å². The van der Waals surface area contributed by atoms with E-state index >= 15 is 0 Å². The lowest BCUT2D eigenvalue weighted by Crippen LogP contribution is -2.29. The minimum Gasteiger partial charge on any atom is -0.467 e. The van der Waals surface area contributed by atoms with Crippen LogP contribution in [-0.4, -0.2) is 19.1 Å². The molecule has 0 saturated carbocycles. The molecule has 0 aromatic heterocycles. The predicted molar refractivity (Wildman–Crippen MR) is 107 cm³/mol. The van der Waals surface area contributed by atoms with E-state index in [1.807, 2.05) is 43.3 Å². The largest absolute Gasteiger partial charge is 0.467 e. The van der Waals surface area contributed by atoms with Crippen LogP contribution in [0.15, 0.2) is 48.5 Å². The second-order valence-electron chi connectivity index (χ2n) is 6.39. The molecule has 0 aliphatic heterocycles. The number of benzene rings is 2. The zero-order valence-corrected chi connectivity index (χ0v) is 15.8. The molecule has 0 radical (unpaired) electrons. The SMILES string of the molecule is CCCCCc1ccc(N[C@H](C#Cc2ccc(C)cc2)C(=O)OC)cc1. The Kier molecular flexibility index (Phi) is 7.76. The average Bonchev–Trinajstić information content (AvgIpc) is 2.67. The molecule has 1 N–H and O–H groups in total. The van der Waals surface area contributed by atoms with E-state index in [2.05, 4.69) is 36.2 Å². The summed E-state index contributed by atoms with van der Waals surface area (Å²) in [6.45, 7) is 4.24. The van der Waals surface area contributed by atoms with Gasteiger partial charge in [-0.2, -0.15) is 0 Å². The van der Waals surface area contributed by atoms with Gasteiger partial charge in [0, 0.05) is 11.3 Å². The first kappa shape index (κ1) is 19.6. The van der Waals surface area contributed by atoms with Crippen LogP contribution >= 0.6 is 0 Å². The van der Waals surface area contributed by atoms with Crippen LogP contribution in [0, 0.1) is 18.8 Å². The topological polar surface area (TPSA) is 38.3 Å². The van der Waals surface area contributed by atoms with Gasteiger partial charge < -0.3 is 10.1 Å². The summed E-state index contributed by atoms with van der Waals surface area (Å²) in [6, 6.07) is 15.4. The third kappa shape index (κ3) is 6.29. The molecule has 0 saturated heterocycles. The van der Waals surface area contributed by atoms with E-state index in [4.69, 9.17) is 4.74 Å². The van der Waals surface area contributed by atoms with Crippen molar-refractivity contribution in [3.05, 3.63) is 65.2 Å². The predicted octanol–water partition coefficient (Wildman–Crippen LogP) is 4.73. The maximum absolute atomic E-state index is 12.0. The molecular weight excluding hydrogens is 322 g/mol. The van der Waals surface area contributed by atoms with Gasteiger partial charge in [-0.15, -0.1) is 0 Å². The van der Waals surface area contributed by atoms with Gasteiger partial charge in [-0.05, 0) is 49.6 Å². The lowest BCUT2D eigenvalue weighted by atomic mass is 10.1. The van der Waals surface area contributed by atoms with Gasteiger partial charge in [-0.3, -0.25) is 0 Å². The summed E-state index contributed by atoms with van der Waals surface area (Å²) in [5.74, 6) is 5.62. The van der Waals surface area contributed by atoms with E-state index in [1.165, 1.54) is 37.5 Å². The van der Waals surface area contributed by atoms with Crippen LogP contribution in [0.1, 0.15) is 42.9 Å². The van der Waals surface area contributed by atoms with Crippen LogP contribution in [0.3, 0.4) is 0 Å². The summed E-state index contributed by atoms with van der Waals surface area (Å²) < 4.78 is 4.88. The van der Waals surface area contributed by atoms with E-state index in [9.17, 15) is 4.79 Å².